The number of carbonyl (C=O) groups is 4. The number of anilines is 2. The van der Waals surface area contributed by atoms with Crippen LogP contribution in [0.3, 0.4) is 0 Å². The molecule has 47 heavy (non-hydrogen) atoms. The Kier molecular flexibility index (Phi) is 11.3. The number of fused-ring (bicyclic) bond motifs is 1. The van der Waals surface area contributed by atoms with Crippen molar-refractivity contribution in [2.75, 3.05) is 17.2 Å². The molecule has 0 radical (unpaired) electrons. The molecule has 11 heteroatoms. The first kappa shape index (κ1) is 33.7. The third-order valence-electron chi connectivity index (χ3n) is 7.62. The maximum Gasteiger partial charge on any atom is 0.341 e. The van der Waals surface area contributed by atoms with Gasteiger partial charge in [-0.25, -0.2) is 4.79 Å². The number of thioether (sulfide) groups is 1. The Hall–Kier alpha value is -4.61. The largest absolute Gasteiger partial charge is 0.465 e. The third-order valence-corrected chi connectivity index (χ3v) is 10.1. The number of amides is 3. The second kappa shape index (κ2) is 15.8. The highest BCUT2D eigenvalue weighted by Crippen LogP contribution is 2.40. The zero-order chi connectivity index (χ0) is 33.3. The van der Waals surface area contributed by atoms with Crippen molar-refractivity contribution in [2.24, 2.45) is 5.92 Å². The van der Waals surface area contributed by atoms with Crippen molar-refractivity contribution in [1.29, 1.82) is 0 Å². The van der Waals surface area contributed by atoms with Crippen molar-refractivity contribution in [3.05, 3.63) is 106 Å². The number of carbonyl (C=O) groups excluding carboxylic acids is 4. The molecule has 2 aromatic heterocycles. The summed E-state index contributed by atoms with van der Waals surface area (Å²) < 4.78 is 10.7. The highest BCUT2D eigenvalue weighted by atomic mass is 32.2. The summed E-state index contributed by atoms with van der Waals surface area (Å²) in [6.45, 7) is 6.15. The molecule has 4 aromatic rings. The van der Waals surface area contributed by atoms with E-state index in [0.717, 1.165) is 34.6 Å². The predicted molar refractivity (Wildman–Crippen MR) is 186 cm³/mol. The number of esters is 1. The van der Waals surface area contributed by atoms with Gasteiger partial charge in [0.25, 0.3) is 11.8 Å². The average molecular weight is 672 g/mol. The third kappa shape index (κ3) is 8.60. The SMILES string of the molecule is CCOC(=O)c1c(NC(=O)C(CC)Sc2cccc(NC(=O)/C(=C/c3ccco3)NC(=O)c3ccccc3)c2)sc2c1CCC(C)C2. The lowest BCUT2D eigenvalue weighted by molar-refractivity contribution is -0.116. The van der Waals surface area contributed by atoms with Gasteiger partial charge in [-0.05, 0) is 86.6 Å². The highest BCUT2D eigenvalue weighted by Gasteiger charge is 2.30. The lowest BCUT2D eigenvalue weighted by atomic mass is 9.88. The summed E-state index contributed by atoms with van der Waals surface area (Å²) in [6.07, 6.45) is 6.12. The Morgan fingerprint density at radius 2 is 1.85 bits per heavy atom. The quantitative estimate of drug-likeness (QED) is 0.0806. The van der Waals surface area contributed by atoms with E-state index in [0.29, 0.717) is 39.9 Å². The Morgan fingerprint density at radius 3 is 2.57 bits per heavy atom. The molecule has 0 saturated heterocycles. The number of furan rings is 1. The molecule has 5 rings (SSSR count). The highest BCUT2D eigenvalue weighted by molar-refractivity contribution is 8.00. The molecule has 0 bridgehead atoms. The molecule has 1 aliphatic carbocycles. The Labute approximate surface area is 282 Å². The molecule has 244 valence electrons. The molecular formula is C36H37N3O6S2. The number of nitrogens with one attached hydrogen (secondary N) is 3. The maximum atomic E-state index is 13.6. The van der Waals surface area contributed by atoms with E-state index in [2.05, 4.69) is 22.9 Å². The number of benzene rings is 2. The molecule has 3 amide bonds. The minimum absolute atomic E-state index is 0.00288. The molecule has 2 unspecified atom stereocenters. The van der Waals surface area contributed by atoms with Crippen LogP contribution in [0.1, 0.15) is 70.5 Å². The second-order valence-electron chi connectivity index (χ2n) is 11.2. The lowest BCUT2D eigenvalue weighted by Crippen LogP contribution is -2.30. The van der Waals surface area contributed by atoms with Crippen LogP contribution in [-0.2, 0) is 27.2 Å². The first-order valence-corrected chi connectivity index (χ1v) is 17.3. The Balaban J connectivity index is 1.30. The van der Waals surface area contributed by atoms with Gasteiger partial charge in [0.05, 0.1) is 23.7 Å². The fourth-order valence-electron chi connectivity index (χ4n) is 5.24. The smallest absolute Gasteiger partial charge is 0.341 e. The van der Waals surface area contributed by atoms with Crippen LogP contribution in [0.5, 0.6) is 0 Å². The van der Waals surface area contributed by atoms with Crippen LogP contribution < -0.4 is 16.0 Å². The number of hydrogen-bond donors (Lipinski definition) is 3. The van der Waals surface area contributed by atoms with Crippen molar-refractivity contribution in [2.45, 2.75) is 56.6 Å². The molecule has 3 N–H and O–H groups in total. The first-order chi connectivity index (χ1) is 22.7. The molecule has 0 spiro atoms. The number of rotatable bonds is 12. The van der Waals surface area contributed by atoms with Gasteiger partial charge in [0.15, 0.2) is 0 Å². The first-order valence-electron chi connectivity index (χ1n) is 15.6. The van der Waals surface area contributed by atoms with Gasteiger partial charge >= 0.3 is 5.97 Å². The average Bonchev–Trinajstić information content (AvgIpc) is 3.71. The standard InChI is InChI=1S/C36H37N3O6S2/c1-4-29(34(42)39-35-31(36(43)44-5-2)27-17-16-22(3)19-30(27)47-35)46-26-15-9-13-24(20-26)37-33(41)28(21-25-14-10-18-45-25)38-32(40)23-11-7-6-8-12-23/h6-15,18,20-22,29H,4-5,16-17,19H2,1-3H3,(H,37,41)(H,38,40)(H,39,42)/b28-21-. The van der Waals surface area contributed by atoms with Gasteiger partial charge in [0.2, 0.25) is 5.91 Å². The topological polar surface area (TPSA) is 127 Å². The second-order valence-corrected chi connectivity index (χ2v) is 13.5. The summed E-state index contributed by atoms with van der Waals surface area (Å²) in [7, 11) is 0. The molecule has 1 aliphatic rings. The Morgan fingerprint density at radius 1 is 1.04 bits per heavy atom. The number of hydrogen-bond acceptors (Lipinski definition) is 8. The van der Waals surface area contributed by atoms with Gasteiger partial charge in [-0.1, -0.05) is 38.1 Å². The molecule has 0 fully saturated rings. The predicted octanol–water partition coefficient (Wildman–Crippen LogP) is 7.56. The molecule has 0 aliphatic heterocycles. The van der Waals surface area contributed by atoms with Crippen molar-refractivity contribution < 1.29 is 28.3 Å². The van der Waals surface area contributed by atoms with E-state index in [9.17, 15) is 19.2 Å². The van der Waals surface area contributed by atoms with Crippen molar-refractivity contribution in [1.82, 2.24) is 5.32 Å². The normalized spacial score (nSPS) is 14.9. The molecule has 2 heterocycles. The van der Waals surface area contributed by atoms with E-state index < -0.39 is 23.0 Å². The fourth-order valence-corrected chi connectivity index (χ4v) is 7.66. The molecular weight excluding hydrogens is 635 g/mol. The maximum absolute atomic E-state index is 13.6. The monoisotopic (exact) mass is 671 g/mol. The van der Waals surface area contributed by atoms with Crippen molar-refractivity contribution >= 4 is 63.6 Å². The fraction of sp³-hybridized carbons (Fsp3) is 0.278. The zero-order valence-corrected chi connectivity index (χ0v) is 28.1. The van der Waals surface area contributed by atoms with Gasteiger partial charge in [0.1, 0.15) is 16.5 Å². The minimum atomic E-state index is -0.542. The van der Waals surface area contributed by atoms with Gasteiger partial charge in [-0.15, -0.1) is 23.1 Å². The van der Waals surface area contributed by atoms with E-state index in [1.54, 1.807) is 67.6 Å². The molecule has 2 aromatic carbocycles. The van der Waals surface area contributed by atoms with Gasteiger partial charge < -0.3 is 25.1 Å². The van der Waals surface area contributed by atoms with Crippen LogP contribution in [0.4, 0.5) is 10.7 Å². The summed E-state index contributed by atoms with van der Waals surface area (Å²) in [6, 6.07) is 19.1. The summed E-state index contributed by atoms with van der Waals surface area (Å²) in [4.78, 5) is 54.7. The minimum Gasteiger partial charge on any atom is -0.465 e. The molecule has 0 saturated carbocycles. The Bertz CT molecular complexity index is 1760. The number of thiophene rings is 1. The summed E-state index contributed by atoms with van der Waals surface area (Å²) in [5.74, 6) is -0.678. The van der Waals surface area contributed by atoms with Crippen LogP contribution >= 0.6 is 23.1 Å². The van der Waals surface area contributed by atoms with E-state index in [4.69, 9.17) is 9.15 Å². The van der Waals surface area contributed by atoms with E-state index >= 15 is 0 Å². The molecule has 9 nitrogen and oxygen atoms in total. The van der Waals surface area contributed by atoms with Crippen LogP contribution in [-0.4, -0.2) is 35.5 Å². The summed E-state index contributed by atoms with van der Waals surface area (Å²) in [5.41, 5.74) is 2.36. The zero-order valence-electron chi connectivity index (χ0n) is 26.5. The van der Waals surface area contributed by atoms with Crippen molar-refractivity contribution in [3.63, 3.8) is 0 Å². The summed E-state index contributed by atoms with van der Waals surface area (Å²) in [5, 5.41) is 8.65. The van der Waals surface area contributed by atoms with Crippen LogP contribution in [0.15, 0.2) is 88.0 Å². The van der Waals surface area contributed by atoms with Crippen LogP contribution in [0.2, 0.25) is 0 Å². The van der Waals surface area contributed by atoms with E-state index in [-0.39, 0.29) is 18.2 Å². The summed E-state index contributed by atoms with van der Waals surface area (Å²) >= 11 is 2.83. The van der Waals surface area contributed by atoms with Gasteiger partial charge in [-0.2, -0.15) is 0 Å². The van der Waals surface area contributed by atoms with E-state index in [1.807, 2.05) is 13.0 Å². The van der Waals surface area contributed by atoms with Crippen LogP contribution in [0, 0.1) is 5.92 Å². The lowest BCUT2D eigenvalue weighted by Gasteiger charge is -2.18. The van der Waals surface area contributed by atoms with Crippen molar-refractivity contribution in [3.8, 4) is 0 Å². The number of ether oxygens (including phenoxy) is 1. The van der Waals surface area contributed by atoms with Gasteiger partial charge in [-0.3, -0.25) is 14.4 Å². The van der Waals surface area contributed by atoms with E-state index in [1.165, 1.54) is 35.4 Å². The molecule has 2 atom stereocenters. The van der Waals surface area contributed by atoms with Gasteiger partial charge in [0, 0.05) is 27.1 Å². The van der Waals surface area contributed by atoms with Crippen LogP contribution in [0.25, 0.3) is 6.08 Å².